The van der Waals surface area contributed by atoms with Gasteiger partial charge in [-0.2, -0.15) is 0 Å². The first kappa shape index (κ1) is 22.3. The van der Waals surface area contributed by atoms with Gasteiger partial charge in [-0.25, -0.2) is 4.39 Å². The molecule has 1 saturated heterocycles. The number of rotatable bonds is 5. The summed E-state index contributed by atoms with van der Waals surface area (Å²) in [6, 6.07) is 13.2. The zero-order chi connectivity index (χ0) is 21.9. The number of nitrogens with zero attached hydrogens (tertiary/aromatic N) is 1. The summed E-state index contributed by atoms with van der Waals surface area (Å²) in [7, 11) is 0. The second-order valence-electron chi connectivity index (χ2n) is 8.58. The maximum atomic E-state index is 13.4. The van der Waals surface area contributed by atoms with E-state index in [1.807, 2.05) is 19.1 Å². The van der Waals surface area contributed by atoms with Crippen LogP contribution in [0.1, 0.15) is 61.0 Å². The largest absolute Gasteiger partial charge is 0.354 e. The molecule has 0 aliphatic carbocycles. The summed E-state index contributed by atoms with van der Waals surface area (Å²) in [5, 5.41) is 2.65. The number of hydrogen-bond donors (Lipinski definition) is 1. The molecule has 1 N–H and O–H groups in total. The van der Waals surface area contributed by atoms with Crippen LogP contribution in [-0.4, -0.2) is 35.1 Å². The van der Waals surface area contributed by atoms with Crippen molar-refractivity contribution in [3.05, 3.63) is 71.0 Å². The number of carbonyl (C=O) groups excluding carboxylic acids is 2. The second kappa shape index (κ2) is 9.21. The van der Waals surface area contributed by atoms with E-state index < -0.39 is 11.9 Å². The number of nitrogens with one attached hydrogen (secondary N) is 1. The molecule has 4 nitrogen and oxygen atoms in total. The Morgan fingerprint density at radius 3 is 2.30 bits per heavy atom. The molecular weight excluding hydrogens is 399 g/mol. The van der Waals surface area contributed by atoms with Gasteiger partial charge < -0.3 is 10.2 Å². The Morgan fingerprint density at radius 2 is 1.73 bits per heavy atom. The fourth-order valence-corrected chi connectivity index (χ4v) is 4.90. The maximum absolute atomic E-state index is 13.4. The molecule has 6 heteroatoms. The van der Waals surface area contributed by atoms with E-state index in [1.165, 1.54) is 29.8 Å². The topological polar surface area (TPSA) is 49.4 Å². The highest BCUT2D eigenvalue weighted by atomic mass is 32.2. The van der Waals surface area contributed by atoms with Crippen molar-refractivity contribution in [2.45, 2.75) is 50.9 Å². The fraction of sp³-hybridized carbons (Fsp3) is 0.417. The zero-order valence-corrected chi connectivity index (χ0v) is 18.8. The van der Waals surface area contributed by atoms with Crippen molar-refractivity contribution in [3.63, 3.8) is 0 Å². The third kappa shape index (κ3) is 4.86. The van der Waals surface area contributed by atoms with Gasteiger partial charge in [0.05, 0.1) is 0 Å². The van der Waals surface area contributed by atoms with Crippen molar-refractivity contribution < 1.29 is 14.0 Å². The minimum absolute atomic E-state index is 0.0353. The monoisotopic (exact) mass is 428 g/mol. The van der Waals surface area contributed by atoms with Crippen molar-refractivity contribution >= 4 is 23.6 Å². The Bertz CT molecular complexity index is 891. The summed E-state index contributed by atoms with van der Waals surface area (Å²) >= 11 is 1.58. The molecule has 30 heavy (non-hydrogen) atoms. The smallest absolute Gasteiger partial charge is 0.255 e. The van der Waals surface area contributed by atoms with Crippen molar-refractivity contribution in [2.24, 2.45) is 0 Å². The number of benzene rings is 2. The summed E-state index contributed by atoms with van der Waals surface area (Å²) in [5.74, 6) is -0.280. The summed E-state index contributed by atoms with van der Waals surface area (Å²) in [6.45, 7) is 9.04. The number of halogens is 1. The van der Waals surface area contributed by atoms with Gasteiger partial charge in [0.25, 0.3) is 5.91 Å². The molecule has 0 radical (unpaired) electrons. The molecule has 0 saturated carbocycles. The predicted octanol–water partition coefficient (Wildman–Crippen LogP) is 4.91. The molecule has 0 aromatic heterocycles. The summed E-state index contributed by atoms with van der Waals surface area (Å²) in [5.41, 5.74) is 2.61. The zero-order valence-electron chi connectivity index (χ0n) is 17.9. The molecule has 0 spiro atoms. The first-order chi connectivity index (χ1) is 14.2. The van der Waals surface area contributed by atoms with Gasteiger partial charge in [-0.05, 0) is 47.2 Å². The minimum atomic E-state index is -0.564. The molecule has 2 amide bonds. The van der Waals surface area contributed by atoms with E-state index in [9.17, 15) is 14.0 Å². The first-order valence-electron chi connectivity index (χ1n) is 10.3. The van der Waals surface area contributed by atoms with Crippen LogP contribution >= 0.6 is 11.8 Å². The number of amides is 2. The molecule has 1 aliphatic rings. The quantitative estimate of drug-likeness (QED) is 0.736. The Labute approximate surface area is 182 Å². The van der Waals surface area contributed by atoms with Crippen LogP contribution in [0, 0.1) is 5.82 Å². The molecule has 0 bridgehead atoms. The minimum Gasteiger partial charge on any atom is -0.354 e. The average Bonchev–Trinajstić information content (AvgIpc) is 3.16. The molecule has 1 aliphatic heterocycles. The standard InChI is InChI=1S/C24H29FN2O2S/c1-5-14-26-21(28)20-15-30-23(17-6-10-18(11-7-17)24(2,3)4)27(20)22(29)16-8-12-19(25)13-9-16/h6-13,20,23H,5,14-15H2,1-4H3,(H,26,28)/t20-,23-/m0/s1. The van der Waals surface area contributed by atoms with Gasteiger partial charge >= 0.3 is 0 Å². The van der Waals surface area contributed by atoms with Crippen molar-refractivity contribution in [2.75, 3.05) is 12.3 Å². The third-order valence-electron chi connectivity index (χ3n) is 5.24. The van der Waals surface area contributed by atoms with Crippen molar-refractivity contribution in [1.29, 1.82) is 0 Å². The van der Waals surface area contributed by atoms with Crippen LogP contribution in [0.2, 0.25) is 0 Å². The van der Waals surface area contributed by atoms with E-state index in [-0.39, 0.29) is 22.6 Å². The van der Waals surface area contributed by atoms with Gasteiger partial charge in [0.15, 0.2) is 0 Å². The van der Waals surface area contributed by atoms with E-state index in [4.69, 9.17) is 0 Å². The van der Waals surface area contributed by atoms with Gasteiger partial charge in [-0.3, -0.25) is 9.59 Å². The van der Waals surface area contributed by atoms with Crippen LogP contribution < -0.4 is 5.32 Å². The van der Waals surface area contributed by atoms with E-state index in [2.05, 4.69) is 38.2 Å². The fourth-order valence-electron chi connectivity index (χ4n) is 3.47. The maximum Gasteiger partial charge on any atom is 0.255 e. The van der Waals surface area contributed by atoms with Crippen LogP contribution in [0.4, 0.5) is 4.39 Å². The normalized spacial score (nSPS) is 19.0. The lowest BCUT2D eigenvalue weighted by atomic mass is 9.86. The first-order valence-corrected chi connectivity index (χ1v) is 11.3. The molecular formula is C24H29FN2O2S. The summed E-state index contributed by atoms with van der Waals surface area (Å²) in [6.07, 6.45) is 0.829. The van der Waals surface area contributed by atoms with E-state index in [0.29, 0.717) is 17.9 Å². The Kier molecular flexibility index (Phi) is 6.86. The molecule has 2 atom stereocenters. The predicted molar refractivity (Wildman–Crippen MR) is 120 cm³/mol. The molecule has 3 rings (SSSR count). The van der Waals surface area contributed by atoms with Gasteiger partial charge in [0.1, 0.15) is 17.2 Å². The molecule has 2 aromatic carbocycles. The molecule has 160 valence electrons. The average molecular weight is 429 g/mol. The van der Waals surface area contributed by atoms with Crippen molar-refractivity contribution in [3.8, 4) is 0 Å². The lowest BCUT2D eigenvalue weighted by molar-refractivity contribution is -0.124. The van der Waals surface area contributed by atoms with E-state index >= 15 is 0 Å². The second-order valence-corrected chi connectivity index (χ2v) is 9.70. The van der Waals surface area contributed by atoms with Crippen LogP contribution in [0.25, 0.3) is 0 Å². The number of thioether (sulfide) groups is 1. The number of carbonyl (C=O) groups is 2. The van der Waals surface area contributed by atoms with Crippen LogP contribution in [0.5, 0.6) is 0 Å². The molecule has 0 unspecified atom stereocenters. The van der Waals surface area contributed by atoms with Crippen LogP contribution in [-0.2, 0) is 10.2 Å². The van der Waals surface area contributed by atoms with E-state index in [0.717, 1.165) is 12.0 Å². The van der Waals surface area contributed by atoms with Crippen molar-refractivity contribution in [1.82, 2.24) is 10.2 Å². The molecule has 1 heterocycles. The van der Waals surface area contributed by atoms with Gasteiger partial charge in [-0.1, -0.05) is 52.0 Å². The lowest BCUT2D eigenvalue weighted by Gasteiger charge is -2.29. The van der Waals surface area contributed by atoms with Gasteiger partial charge in [0.2, 0.25) is 5.91 Å². The van der Waals surface area contributed by atoms with Gasteiger partial charge in [-0.15, -0.1) is 11.8 Å². The number of hydrogen-bond acceptors (Lipinski definition) is 3. The summed E-state index contributed by atoms with van der Waals surface area (Å²) in [4.78, 5) is 27.8. The summed E-state index contributed by atoms with van der Waals surface area (Å²) < 4.78 is 13.4. The van der Waals surface area contributed by atoms with Gasteiger partial charge in [0, 0.05) is 17.9 Å². The molecule has 2 aromatic rings. The van der Waals surface area contributed by atoms with Crippen LogP contribution in [0.15, 0.2) is 48.5 Å². The van der Waals surface area contributed by atoms with Crippen LogP contribution in [0.3, 0.4) is 0 Å². The SMILES string of the molecule is CCCNC(=O)[C@@H]1CS[C@@H](c2ccc(C(C)(C)C)cc2)N1C(=O)c1ccc(F)cc1. The Balaban J connectivity index is 1.93. The molecule has 1 fully saturated rings. The highest BCUT2D eigenvalue weighted by Crippen LogP contribution is 2.42. The third-order valence-corrected chi connectivity index (χ3v) is 6.56. The highest BCUT2D eigenvalue weighted by molar-refractivity contribution is 7.99. The highest BCUT2D eigenvalue weighted by Gasteiger charge is 2.42. The Hall–Kier alpha value is -2.34. The lowest BCUT2D eigenvalue weighted by Crippen LogP contribution is -2.48. The van der Waals surface area contributed by atoms with E-state index in [1.54, 1.807) is 16.7 Å². The Morgan fingerprint density at radius 1 is 1.10 bits per heavy atom.